The molecule has 0 aliphatic heterocycles. The molecule has 0 aromatic heterocycles. The van der Waals surface area contributed by atoms with Crippen molar-refractivity contribution in [2.24, 2.45) is 0 Å². The normalized spacial score (nSPS) is 15.3. The number of hydrogen-bond donors (Lipinski definition) is 0. The fourth-order valence-electron chi connectivity index (χ4n) is 1.69. The lowest BCUT2D eigenvalue weighted by Gasteiger charge is -2.14. The van der Waals surface area contributed by atoms with E-state index >= 15 is 0 Å². The van der Waals surface area contributed by atoms with Crippen LogP contribution in [0.2, 0.25) is 0 Å². The summed E-state index contributed by atoms with van der Waals surface area (Å²) in [5, 5.41) is 0. The van der Waals surface area contributed by atoms with Gasteiger partial charge in [0.05, 0.1) is 0 Å². The summed E-state index contributed by atoms with van der Waals surface area (Å²) in [4.78, 5) is 0. The summed E-state index contributed by atoms with van der Waals surface area (Å²) in [5.41, 5.74) is 4.31. The Morgan fingerprint density at radius 1 is 1.33 bits per heavy atom. The largest absolute Gasteiger partial charge is 0.0807 e. The van der Waals surface area contributed by atoms with Gasteiger partial charge in [0.2, 0.25) is 0 Å². The van der Waals surface area contributed by atoms with Gasteiger partial charge in [-0.2, -0.15) is 0 Å². The molecule has 1 heteroatoms. The Hall–Kier alpha value is -0.560. The Morgan fingerprint density at radius 2 is 2.17 bits per heavy atom. The molecule has 62 valence electrons. The zero-order chi connectivity index (χ0) is 8.55. The van der Waals surface area contributed by atoms with Gasteiger partial charge in [-0.3, -0.25) is 0 Å². The van der Waals surface area contributed by atoms with Crippen molar-refractivity contribution >= 4 is 21.5 Å². The molecule has 12 heavy (non-hydrogen) atoms. The summed E-state index contributed by atoms with van der Waals surface area (Å²) in [6.45, 7) is 2.18. The van der Waals surface area contributed by atoms with Gasteiger partial charge in [-0.25, -0.2) is 0 Å². The first kappa shape index (κ1) is 8.06. The van der Waals surface area contributed by atoms with Crippen LogP contribution in [0.25, 0.3) is 5.57 Å². The van der Waals surface area contributed by atoms with Crippen LogP contribution < -0.4 is 0 Å². The maximum Gasteiger partial charge on any atom is 0.0181 e. The molecule has 0 saturated carbocycles. The molecule has 0 nitrogen and oxygen atoms in total. The predicted octanol–water partition coefficient (Wildman–Crippen LogP) is 3.80. The molecule has 0 amide bonds. The van der Waals surface area contributed by atoms with Gasteiger partial charge >= 0.3 is 0 Å². The summed E-state index contributed by atoms with van der Waals surface area (Å²) >= 11 is 3.49. The highest BCUT2D eigenvalue weighted by molar-refractivity contribution is 9.10. The number of aryl methyl sites for hydroxylation is 1. The summed E-state index contributed by atoms with van der Waals surface area (Å²) in [5.74, 6) is 0. The number of halogens is 1. The van der Waals surface area contributed by atoms with Crippen molar-refractivity contribution in [3.63, 3.8) is 0 Å². The molecule has 0 atom stereocenters. The molecule has 0 heterocycles. The lowest BCUT2D eigenvalue weighted by molar-refractivity contribution is 0.974. The van der Waals surface area contributed by atoms with Gasteiger partial charge in [0.25, 0.3) is 0 Å². The second kappa shape index (κ2) is 3.06. The van der Waals surface area contributed by atoms with Gasteiger partial charge in [0, 0.05) is 4.47 Å². The number of fused-ring (bicyclic) bond motifs is 1. The van der Waals surface area contributed by atoms with Gasteiger partial charge in [0.15, 0.2) is 0 Å². The van der Waals surface area contributed by atoms with Crippen molar-refractivity contribution < 1.29 is 0 Å². The van der Waals surface area contributed by atoms with Crippen molar-refractivity contribution in [3.05, 3.63) is 39.9 Å². The van der Waals surface area contributed by atoms with E-state index in [1.807, 2.05) is 0 Å². The van der Waals surface area contributed by atoms with Crippen LogP contribution >= 0.6 is 15.9 Å². The van der Waals surface area contributed by atoms with E-state index in [0.717, 1.165) is 0 Å². The van der Waals surface area contributed by atoms with Crippen LogP contribution in [0.3, 0.4) is 0 Å². The monoisotopic (exact) mass is 222 g/mol. The van der Waals surface area contributed by atoms with Gasteiger partial charge in [-0.15, -0.1) is 0 Å². The van der Waals surface area contributed by atoms with Crippen molar-refractivity contribution in [1.29, 1.82) is 0 Å². The fourth-order valence-corrected chi connectivity index (χ4v) is 2.05. The number of allylic oxidation sites excluding steroid dienone is 2. The van der Waals surface area contributed by atoms with Crippen LogP contribution in [0.5, 0.6) is 0 Å². The maximum atomic E-state index is 3.49. The molecule has 0 spiro atoms. The Labute approximate surface area is 81.4 Å². The van der Waals surface area contributed by atoms with Crippen molar-refractivity contribution in [2.75, 3.05) is 0 Å². The zero-order valence-corrected chi connectivity index (χ0v) is 8.69. The third-order valence-electron chi connectivity index (χ3n) is 2.36. The van der Waals surface area contributed by atoms with E-state index in [9.17, 15) is 0 Å². The standard InChI is InChI=1S/C11H11Br/c1-8-3-2-4-9-5-6-10(12)7-11(8)9/h3,5-7H,2,4H2,1H3. The summed E-state index contributed by atoms with van der Waals surface area (Å²) in [6, 6.07) is 6.55. The van der Waals surface area contributed by atoms with Crippen LogP contribution in [0.15, 0.2) is 28.7 Å². The van der Waals surface area contributed by atoms with Crippen molar-refractivity contribution in [2.45, 2.75) is 19.8 Å². The minimum Gasteiger partial charge on any atom is -0.0807 e. The number of rotatable bonds is 0. The van der Waals surface area contributed by atoms with Gasteiger partial charge in [-0.1, -0.05) is 28.1 Å². The molecule has 2 rings (SSSR count). The lowest BCUT2D eigenvalue weighted by Crippen LogP contribution is -1.97. The summed E-state index contributed by atoms with van der Waals surface area (Å²) in [6.07, 6.45) is 4.70. The molecule has 1 aromatic carbocycles. The second-order valence-corrected chi connectivity index (χ2v) is 4.14. The van der Waals surface area contributed by atoms with E-state index in [1.165, 1.54) is 34.0 Å². The Bertz CT molecular complexity index is 337. The Morgan fingerprint density at radius 3 is 3.00 bits per heavy atom. The molecule has 0 saturated heterocycles. The SMILES string of the molecule is CC1=CCCc2ccc(Br)cc21. The molecule has 0 unspecified atom stereocenters. The third-order valence-corrected chi connectivity index (χ3v) is 2.85. The van der Waals surface area contributed by atoms with Crippen molar-refractivity contribution in [1.82, 2.24) is 0 Å². The Balaban J connectivity index is 2.58. The van der Waals surface area contributed by atoms with E-state index in [4.69, 9.17) is 0 Å². The molecular weight excluding hydrogens is 212 g/mol. The molecule has 1 aromatic rings. The average Bonchev–Trinajstić information content (AvgIpc) is 2.07. The van der Waals surface area contributed by atoms with Gasteiger partial charge in [0.1, 0.15) is 0 Å². The van der Waals surface area contributed by atoms with E-state index in [-0.39, 0.29) is 0 Å². The minimum atomic E-state index is 1.18. The molecular formula is C11H11Br. The summed E-state index contributed by atoms with van der Waals surface area (Å²) < 4.78 is 1.18. The predicted molar refractivity (Wildman–Crippen MR) is 56.1 cm³/mol. The first-order valence-corrected chi connectivity index (χ1v) is 5.02. The first-order chi connectivity index (χ1) is 5.77. The van der Waals surface area contributed by atoms with Crippen LogP contribution in [-0.2, 0) is 6.42 Å². The number of hydrogen-bond acceptors (Lipinski definition) is 0. The highest BCUT2D eigenvalue weighted by atomic mass is 79.9. The fraction of sp³-hybridized carbons (Fsp3) is 0.273. The van der Waals surface area contributed by atoms with Crippen molar-refractivity contribution in [3.8, 4) is 0 Å². The lowest BCUT2D eigenvalue weighted by atomic mass is 9.92. The van der Waals surface area contributed by atoms with E-state index in [1.54, 1.807) is 0 Å². The quantitative estimate of drug-likeness (QED) is 0.627. The Kier molecular flexibility index (Phi) is 2.05. The molecule has 0 radical (unpaired) electrons. The van der Waals surface area contributed by atoms with Crippen LogP contribution in [0.4, 0.5) is 0 Å². The topological polar surface area (TPSA) is 0 Å². The van der Waals surface area contributed by atoms with E-state index in [0.29, 0.717) is 0 Å². The van der Waals surface area contributed by atoms with Gasteiger partial charge < -0.3 is 0 Å². The van der Waals surface area contributed by atoms with E-state index in [2.05, 4.69) is 47.1 Å². The molecule has 1 aliphatic carbocycles. The maximum absolute atomic E-state index is 3.49. The van der Waals surface area contributed by atoms with Gasteiger partial charge in [-0.05, 0) is 48.6 Å². The highest BCUT2D eigenvalue weighted by Gasteiger charge is 2.08. The smallest absolute Gasteiger partial charge is 0.0181 e. The van der Waals surface area contributed by atoms with Crippen LogP contribution in [0, 0.1) is 0 Å². The third kappa shape index (κ3) is 1.34. The van der Waals surface area contributed by atoms with Crippen LogP contribution in [0.1, 0.15) is 24.5 Å². The van der Waals surface area contributed by atoms with Crippen LogP contribution in [-0.4, -0.2) is 0 Å². The highest BCUT2D eigenvalue weighted by Crippen LogP contribution is 2.28. The molecule has 0 N–H and O–H groups in total. The molecule has 1 aliphatic rings. The second-order valence-electron chi connectivity index (χ2n) is 3.23. The zero-order valence-electron chi connectivity index (χ0n) is 7.10. The molecule has 0 fully saturated rings. The van der Waals surface area contributed by atoms with E-state index < -0.39 is 0 Å². The summed E-state index contributed by atoms with van der Waals surface area (Å²) in [7, 11) is 0. The number of benzene rings is 1. The first-order valence-electron chi connectivity index (χ1n) is 4.23. The molecule has 0 bridgehead atoms. The average molecular weight is 223 g/mol. The minimum absolute atomic E-state index is 1.18.